The SMILES string of the molecule is c1cc(Cc2ccc(Nc3ncnc4sc5c(c34)CCCC5)cc2)ccn1. The molecule has 0 atom stereocenters. The third-order valence-electron chi connectivity index (χ3n) is 5.13. The Labute approximate surface area is 162 Å². The number of nitrogens with one attached hydrogen (secondary N) is 1. The molecule has 0 unspecified atom stereocenters. The molecule has 4 nitrogen and oxygen atoms in total. The summed E-state index contributed by atoms with van der Waals surface area (Å²) in [6, 6.07) is 12.7. The van der Waals surface area contributed by atoms with Crippen LogP contribution in [0.4, 0.5) is 11.5 Å². The predicted molar refractivity (Wildman–Crippen MR) is 111 cm³/mol. The van der Waals surface area contributed by atoms with E-state index >= 15 is 0 Å². The number of nitrogens with zero attached hydrogens (tertiary/aromatic N) is 3. The van der Waals surface area contributed by atoms with Gasteiger partial charge in [0, 0.05) is 23.0 Å². The number of aromatic nitrogens is 3. The summed E-state index contributed by atoms with van der Waals surface area (Å²) in [7, 11) is 0. The van der Waals surface area contributed by atoms with Crippen LogP contribution in [0.1, 0.15) is 34.4 Å². The summed E-state index contributed by atoms with van der Waals surface area (Å²) in [4.78, 5) is 15.7. The number of anilines is 2. The predicted octanol–water partition coefficient (Wildman–Crippen LogP) is 5.30. The van der Waals surface area contributed by atoms with E-state index in [1.165, 1.54) is 46.2 Å². The lowest BCUT2D eigenvalue weighted by Crippen LogP contribution is -2.01. The second kappa shape index (κ2) is 7.08. The molecule has 5 rings (SSSR count). The van der Waals surface area contributed by atoms with Gasteiger partial charge >= 0.3 is 0 Å². The number of hydrogen-bond acceptors (Lipinski definition) is 5. The lowest BCUT2D eigenvalue weighted by molar-refractivity contribution is 0.700. The molecule has 1 aromatic carbocycles. The fourth-order valence-corrected chi connectivity index (χ4v) is 4.99. The number of pyridine rings is 1. The van der Waals surface area contributed by atoms with Crippen molar-refractivity contribution in [3.05, 3.63) is 76.7 Å². The van der Waals surface area contributed by atoms with Gasteiger partial charge in [0.25, 0.3) is 0 Å². The fourth-order valence-electron chi connectivity index (χ4n) is 3.76. The van der Waals surface area contributed by atoms with Gasteiger partial charge in [0.05, 0.1) is 5.39 Å². The van der Waals surface area contributed by atoms with Crippen molar-refractivity contribution < 1.29 is 0 Å². The first-order chi connectivity index (χ1) is 13.4. The largest absolute Gasteiger partial charge is 0.340 e. The average molecular weight is 372 g/mol. The van der Waals surface area contributed by atoms with Gasteiger partial charge in [0.1, 0.15) is 17.0 Å². The number of fused-ring (bicyclic) bond motifs is 3. The summed E-state index contributed by atoms with van der Waals surface area (Å²) in [5.41, 5.74) is 5.07. The van der Waals surface area contributed by atoms with Crippen LogP contribution >= 0.6 is 11.3 Å². The van der Waals surface area contributed by atoms with Crippen molar-refractivity contribution in [1.82, 2.24) is 15.0 Å². The van der Waals surface area contributed by atoms with Crippen LogP contribution in [0.5, 0.6) is 0 Å². The van der Waals surface area contributed by atoms with Crippen molar-refractivity contribution in [2.45, 2.75) is 32.1 Å². The molecule has 1 aliphatic carbocycles. The topological polar surface area (TPSA) is 50.7 Å². The first kappa shape index (κ1) is 16.4. The normalized spacial score (nSPS) is 13.5. The van der Waals surface area contributed by atoms with E-state index in [9.17, 15) is 0 Å². The second-order valence-electron chi connectivity index (χ2n) is 6.97. The molecule has 134 valence electrons. The Morgan fingerprint density at radius 2 is 1.67 bits per heavy atom. The van der Waals surface area contributed by atoms with Crippen LogP contribution in [0.2, 0.25) is 0 Å². The summed E-state index contributed by atoms with van der Waals surface area (Å²) in [5.74, 6) is 0.932. The number of hydrogen-bond donors (Lipinski definition) is 1. The molecule has 1 N–H and O–H groups in total. The van der Waals surface area contributed by atoms with E-state index in [0.717, 1.165) is 29.2 Å². The Bertz CT molecular complexity index is 1070. The van der Waals surface area contributed by atoms with E-state index in [1.54, 1.807) is 6.33 Å². The standard InChI is InChI=1S/C22H20N4S/c1-2-4-19-18(3-1)20-21(24-14-25-22(20)27-19)26-17-7-5-15(6-8-17)13-16-9-11-23-12-10-16/h5-12,14H,1-4,13H2,(H,24,25,26). The lowest BCUT2D eigenvalue weighted by atomic mass is 9.97. The van der Waals surface area contributed by atoms with Crippen molar-refractivity contribution >= 4 is 33.1 Å². The van der Waals surface area contributed by atoms with E-state index in [2.05, 4.69) is 56.7 Å². The monoisotopic (exact) mass is 372 g/mol. The van der Waals surface area contributed by atoms with Gasteiger partial charge in [-0.2, -0.15) is 0 Å². The van der Waals surface area contributed by atoms with Crippen molar-refractivity contribution in [2.24, 2.45) is 0 Å². The number of rotatable bonds is 4. The van der Waals surface area contributed by atoms with Crippen LogP contribution < -0.4 is 5.32 Å². The molecular formula is C22H20N4S. The third-order valence-corrected chi connectivity index (χ3v) is 6.33. The summed E-state index contributed by atoms with van der Waals surface area (Å²) in [5, 5.41) is 4.74. The Morgan fingerprint density at radius 3 is 2.52 bits per heavy atom. The molecule has 0 fully saturated rings. The molecule has 0 saturated carbocycles. The van der Waals surface area contributed by atoms with Gasteiger partial charge in [-0.3, -0.25) is 4.98 Å². The number of aryl methyl sites for hydroxylation is 2. The molecule has 0 spiro atoms. The lowest BCUT2D eigenvalue weighted by Gasteiger charge is -2.12. The zero-order valence-corrected chi connectivity index (χ0v) is 15.8. The highest BCUT2D eigenvalue weighted by Crippen LogP contribution is 2.38. The smallest absolute Gasteiger partial charge is 0.142 e. The molecule has 0 radical (unpaired) electrons. The van der Waals surface area contributed by atoms with Crippen molar-refractivity contribution in [3.63, 3.8) is 0 Å². The minimum atomic E-state index is 0.915. The molecule has 0 aliphatic heterocycles. The van der Waals surface area contributed by atoms with E-state index < -0.39 is 0 Å². The van der Waals surface area contributed by atoms with Gasteiger partial charge in [0.15, 0.2) is 0 Å². The molecule has 27 heavy (non-hydrogen) atoms. The molecule has 0 saturated heterocycles. The number of benzene rings is 1. The van der Waals surface area contributed by atoms with E-state index in [4.69, 9.17) is 0 Å². The van der Waals surface area contributed by atoms with Crippen molar-refractivity contribution in [3.8, 4) is 0 Å². The maximum absolute atomic E-state index is 4.55. The zero-order chi connectivity index (χ0) is 18.1. The maximum atomic E-state index is 4.55. The molecular weight excluding hydrogens is 352 g/mol. The fraction of sp³-hybridized carbons (Fsp3) is 0.227. The zero-order valence-electron chi connectivity index (χ0n) is 15.0. The van der Waals surface area contributed by atoms with Crippen LogP contribution in [0.15, 0.2) is 55.1 Å². The quantitative estimate of drug-likeness (QED) is 0.528. The Morgan fingerprint density at radius 1 is 0.889 bits per heavy atom. The molecule has 3 heterocycles. The second-order valence-corrected chi connectivity index (χ2v) is 8.05. The first-order valence-electron chi connectivity index (χ1n) is 9.37. The van der Waals surface area contributed by atoms with Gasteiger partial charge in [-0.1, -0.05) is 12.1 Å². The van der Waals surface area contributed by atoms with Crippen LogP contribution in [0.25, 0.3) is 10.2 Å². The van der Waals surface area contributed by atoms with Crippen LogP contribution in [0, 0.1) is 0 Å². The highest BCUT2D eigenvalue weighted by atomic mass is 32.1. The summed E-state index contributed by atoms with van der Waals surface area (Å²) in [6.45, 7) is 0. The summed E-state index contributed by atoms with van der Waals surface area (Å²) >= 11 is 1.83. The van der Waals surface area contributed by atoms with Gasteiger partial charge < -0.3 is 5.32 Å². The first-order valence-corrected chi connectivity index (χ1v) is 10.2. The van der Waals surface area contributed by atoms with Gasteiger partial charge in [-0.25, -0.2) is 9.97 Å². The average Bonchev–Trinajstić information content (AvgIpc) is 3.10. The minimum Gasteiger partial charge on any atom is -0.340 e. The summed E-state index contributed by atoms with van der Waals surface area (Å²) in [6.07, 6.45) is 11.1. The Hall–Kier alpha value is -2.79. The van der Waals surface area contributed by atoms with Gasteiger partial charge in [0.2, 0.25) is 0 Å². The third kappa shape index (κ3) is 3.30. The van der Waals surface area contributed by atoms with E-state index in [0.29, 0.717) is 0 Å². The molecule has 3 aromatic heterocycles. The van der Waals surface area contributed by atoms with Crippen LogP contribution in [-0.2, 0) is 19.3 Å². The van der Waals surface area contributed by atoms with Crippen LogP contribution in [0.3, 0.4) is 0 Å². The molecule has 0 bridgehead atoms. The van der Waals surface area contributed by atoms with Gasteiger partial charge in [-0.15, -0.1) is 11.3 Å². The Kier molecular flexibility index (Phi) is 4.30. The van der Waals surface area contributed by atoms with E-state index in [-0.39, 0.29) is 0 Å². The summed E-state index contributed by atoms with van der Waals surface area (Å²) < 4.78 is 0. The number of thiophene rings is 1. The van der Waals surface area contributed by atoms with Crippen LogP contribution in [-0.4, -0.2) is 15.0 Å². The molecule has 5 heteroatoms. The molecule has 4 aromatic rings. The van der Waals surface area contributed by atoms with E-state index in [1.807, 2.05) is 23.7 Å². The highest BCUT2D eigenvalue weighted by molar-refractivity contribution is 7.19. The van der Waals surface area contributed by atoms with Crippen molar-refractivity contribution in [1.29, 1.82) is 0 Å². The maximum Gasteiger partial charge on any atom is 0.142 e. The van der Waals surface area contributed by atoms with Gasteiger partial charge in [-0.05, 0) is 73.1 Å². The Balaban J connectivity index is 1.41. The molecule has 0 amide bonds. The highest BCUT2D eigenvalue weighted by Gasteiger charge is 2.19. The van der Waals surface area contributed by atoms with Crippen molar-refractivity contribution in [2.75, 3.05) is 5.32 Å². The minimum absolute atomic E-state index is 0.915. The molecule has 1 aliphatic rings.